The van der Waals surface area contributed by atoms with Crippen LogP contribution < -0.4 is 5.32 Å². The molecule has 2 unspecified atom stereocenters. The smallest absolute Gasteiger partial charge is 0.305 e. The van der Waals surface area contributed by atoms with Crippen molar-refractivity contribution >= 4 is 11.9 Å². The second-order valence-electron chi connectivity index (χ2n) is 24.2. The molecule has 0 aromatic carbocycles. The van der Waals surface area contributed by atoms with Crippen LogP contribution in [-0.2, 0) is 14.3 Å². The Morgan fingerprint density at radius 3 is 1.03 bits per heavy atom. The Balaban J connectivity index is 3.40. The lowest BCUT2D eigenvalue weighted by atomic mass is 10.0. The first-order valence-electron chi connectivity index (χ1n) is 35.2. The van der Waals surface area contributed by atoms with Crippen molar-refractivity contribution in [2.24, 2.45) is 0 Å². The number of aliphatic hydroxyl groups excluding tert-OH is 2. The third kappa shape index (κ3) is 63.3. The highest BCUT2D eigenvalue weighted by atomic mass is 16.5. The van der Waals surface area contributed by atoms with Gasteiger partial charge in [-0.05, 0) is 77.0 Å². The van der Waals surface area contributed by atoms with E-state index in [0.29, 0.717) is 25.9 Å². The Hall–Kier alpha value is -1.92. The summed E-state index contributed by atoms with van der Waals surface area (Å²) < 4.78 is 5.48. The summed E-state index contributed by atoms with van der Waals surface area (Å²) in [6, 6.07) is -0.544. The topological polar surface area (TPSA) is 95.9 Å². The zero-order valence-electron chi connectivity index (χ0n) is 52.7. The molecule has 6 heteroatoms. The van der Waals surface area contributed by atoms with Gasteiger partial charge in [-0.15, -0.1) is 0 Å². The van der Waals surface area contributed by atoms with E-state index in [-0.39, 0.29) is 18.5 Å². The van der Waals surface area contributed by atoms with Gasteiger partial charge >= 0.3 is 5.97 Å². The molecule has 1 amide bonds. The Kier molecular flexibility index (Phi) is 65.9. The average molecular weight is 1100 g/mol. The van der Waals surface area contributed by atoms with Crippen LogP contribution in [0, 0.1) is 0 Å². The zero-order valence-corrected chi connectivity index (χ0v) is 52.7. The normalized spacial score (nSPS) is 12.7. The fourth-order valence-electron chi connectivity index (χ4n) is 11.0. The molecule has 6 nitrogen and oxygen atoms in total. The molecule has 3 N–H and O–H groups in total. The van der Waals surface area contributed by atoms with Crippen molar-refractivity contribution in [3.63, 3.8) is 0 Å². The Labute approximate surface area is 487 Å². The number of hydrogen-bond donors (Lipinski definition) is 3. The maximum absolute atomic E-state index is 12.5. The summed E-state index contributed by atoms with van der Waals surface area (Å²) in [5.74, 6) is -0.0329. The van der Waals surface area contributed by atoms with Crippen molar-refractivity contribution in [1.29, 1.82) is 0 Å². The number of nitrogens with one attached hydrogen (secondary N) is 1. The molecule has 2 atom stereocenters. The molecule has 0 rings (SSSR count). The predicted molar refractivity (Wildman–Crippen MR) is 343 cm³/mol. The molecule has 0 bridgehead atoms. The summed E-state index contributed by atoms with van der Waals surface area (Å²) in [4.78, 5) is 24.6. The molecule has 0 saturated carbocycles. The van der Waals surface area contributed by atoms with Gasteiger partial charge in [0.2, 0.25) is 5.91 Å². The lowest BCUT2D eigenvalue weighted by molar-refractivity contribution is -0.143. The number of carbonyl (C=O) groups excluding carboxylic acids is 2. The number of unbranched alkanes of at least 4 members (excludes halogenated alkanes) is 49. The monoisotopic (exact) mass is 1100 g/mol. The molecular weight excluding hydrogens is 959 g/mol. The van der Waals surface area contributed by atoms with Crippen LogP contribution in [0.4, 0.5) is 0 Å². The minimum atomic E-state index is -0.667. The van der Waals surface area contributed by atoms with Crippen molar-refractivity contribution < 1.29 is 24.5 Å². The lowest BCUT2D eigenvalue weighted by Crippen LogP contribution is -2.45. The third-order valence-electron chi connectivity index (χ3n) is 16.4. The number of aliphatic hydroxyl groups is 2. The largest absolute Gasteiger partial charge is 0.466 e. The molecule has 0 radical (unpaired) electrons. The minimum Gasteiger partial charge on any atom is -0.466 e. The predicted octanol–water partition coefficient (Wildman–Crippen LogP) is 22.7. The molecule has 0 saturated heterocycles. The van der Waals surface area contributed by atoms with Gasteiger partial charge < -0.3 is 20.3 Å². The standard InChI is InChI=1S/C72H137NO5/c1-3-5-7-9-11-13-15-17-19-20-21-28-31-34-37-40-44-48-52-56-60-64-70(75)69(68-74)73-71(76)65-61-57-53-49-45-41-38-35-32-29-26-24-22-23-25-27-30-33-36-39-43-47-51-55-59-63-67-78-72(77)66-62-58-54-50-46-42-18-16-14-12-10-8-6-4-2/h10,12,16,18,22,24,69-70,74-75H,3-9,11,13-15,17,19-21,23,25-68H2,1-2H3,(H,73,76)/b12-10-,18-16-,24-22-. The summed E-state index contributed by atoms with van der Waals surface area (Å²) >= 11 is 0. The van der Waals surface area contributed by atoms with E-state index in [2.05, 4.69) is 55.6 Å². The number of carbonyl (C=O) groups is 2. The van der Waals surface area contributed by atoms with E-state index < -0.39 is 12.1 Å². The lowest BCUT2D eigenvalue weighted by Gasteiger charge is -2.22. The van der Waals surface area contributed by atoms with Crippen LogP contribution in [0.1, 0.15) is 386 Å². The van der Waals surface area contributed by atoms with Crippen LogP contribution in [0.15, 0.2) is 36.5 Å². The second-order valence-corrected chi connectivity index (χ2v) is 24.2. The van der Waals surface area contributed by atoms with Crippen LogP contribution in [0.2, 0.25) is 0 Å². The molecule has 0 aliphatic rings. The van der Waals surface area contributed by atoms with Crippen molar-refractivity contribution in [3.8, 4) is 0 Å². The average Bonchev–Trinajstić information content (AvgIpc) is 3.44. The van der Waals surface area contributed by atoms with Gasteiger partial charge in [0.25, 0.3) is 0 Å². The van der Waals surface area contributed by atoms with Gasteiger partial charge in [0.1, 0.15) is 0 Å². The van der Waals surface area contributed by atoms with Crippen molar-refractivity contribution in [1.82, 2.24) is 5.32 Å². The third-order valence-corrected chi connectivity index (χ3v) is 16.4. The minimum absolute atomic E-state index is 0.000139. The summed E-state index contributed by atoms with van der Waals surface area (Å²) in [5, 5.41) is 23.4. The van der Waals surface area contributed by atoms with E-state index in [1.165, 1.54) is 302 Å². The van der Waals surface area contributed by atoms with E-state index in [1.807, 2.05) is 0 Å². The molecule has 78 heavy (non-hydrogen) atoms. The SMILES string of the molecule is CCCC/C=C\C/C=C\CCCCCCCC(=O)OCCCCCCCCCCCCCC/C=C\CCCCCCCCCCCCC(=O)NC(CO)C(O)CCCCCCCCCCCCCCCCCCCCCCC. The summed E-state index contributed by atoms with van der Waals surface area (Å²) in [6.45, 7) is 4.94. The number of rotatable bonds is 66. The molecule has 0 aliphatic heterocycles. The maximum atomic E-state index is 12.5. The highest BCUT2D eigenvalue weighted by Gasteiger charge is 2.20. The Morgan fingerprint density at radius 1 is 0.359 bits per heavy atom. The molecular formula is C72H137NO5. The molecule has 0 aromatic rings. The van der Waals surface area contributed by atoms with Gasteiger partial charge in [-0.2, -0.15) is 0 Å². The van der Waals surface area contributed by atoms with Gasteiger partial charge in [-0.1, -0.05) is 333 Å². The van der Waals surface area contributed by atoms with Crippen LogP contribution >= 0.6 is 0 Å². The maximum Gasteiger partial charge on any atom is 0.305 e. The van der Waals surface area contributed by atoms with Crippen molar-refractivity contribution in [2.45, 2.75) is 398 Å². The van der Waals surface area contributed by atoms with Gasteiger partial charge in [-0.25, -0.2) is 0 Å². The van der Waals surface area contributed by atoms with Crippen LogP contribution in [0.5, 0.6) is 0 Å². The van der Waals surface area contributed by atoms with Crippen LogP contribution in [0.25, 0.3) is 0 Å². The quantitative estimate of drug-likeness (QED) is 0.0320. The highest BCUT2D eigenvalue weighted by molar-refractivity contribution is 5.76. The number of allylic oxidation sites excluding steroid dienone is 6. The first kappa shape index (κ1) is 76.1. The second kappa shape index (κ2) is 67.6. The molecule has 0 heterocycles. The molecule has 0 aliphatic carbocycles. The first-order chi connectivity index (χ1) is 38.5. The van der Waals surface area contributed by atoms with Gasteiger partial charge in [0.15, 0.2) is 0 Å². The summed E-state index contributed by atoms with van der Waals surface area (Å²) in [6.07, 6.45) is 86.1. The van der Waals surface area contributed by atoms with E-state index in [9.17, 15) is 19.8 Å². The molecule has 0 spiro atoms. The Bertz CT molecular complexity index is 1260. The number of ether oxygens (including phenoxy) is 1. The number of amides is 1. The summed E-state index contributed by atoms with van der Waals surface area (Å²) in [5.41, 5.74) is 0. The molecule has 0 aromatic heterocycles. The van der Waals surface area contributed by atoms with Gasteiger partial charge in [-0.3, -0.25) is 9.59 Å². The van der Waals surface area contributed by atoms with Crippen molar-refractivity contribution in [2.75, 3.05) is 13.2 Å². The van der Waals surface area contributed by atoms with Gasteiger partial charge in [0, 0.05) is 12.8 Å². The zero-order chi connectivity index (χ0) is 56.4. The number of hydrogen-bond acceptors (Lipinski definition) is 5. The van der Waals surface area contributed by atoms with Crippen LogP contribution in [0.3, 0.4) is 0 Å². The molecule has 460 valence electrons. The van der Waals surface area contributed by atoms with E-state index in [1.54, 1.807) is 0 Å². The van der Waals surface area contributed by atoms with Gasteiger partial charge in [0.05, 0.1) is 25.4 Å². The van der Waals surface area contributed by atoms with E-state index >= 15 is 0 Å². The van der Waals surface area contributed by atoms with E-state index in [0.717, 1.165) is 51.4 Å². The van der Waals surface area contributed by atoms with E-state index in [4.69, 9.17) is 4.74 Å². The van der Waals surface area contributed by atoms with Crippen LogP contribution in [-0.4, -0.2) is 47.4 Å². The number of esters is 1. The fourth-order valence-corrected chi connectivity index (χ4v) is 11.0. The fraction of sp³-hybridized carbons (Fsp3) is 0.889. The first-order valence-corrected chi connectivity index (χ1v) is 35.2. The van der Waals surface area contributed by atoms with Crippen molar-refractivity contribution in [3.05, 3.63) is 36.5 Å². The summed E-state index contributed by atoms with van der Waals surface area (Å²) in [7, 11) is 0. The molecule has 0 fully saturated rings. The Morgan fingerprint density at radius 2 is 0.654 bits per heavy atom. The highest BCUT2D eigenvalue weighted by Crippen LogP contribution is 2.19.